The molecule has 1 rings (SSSR count). The van der Waals surface area contributed by atoms with Crippen LogP contribution in [0.1, 0.15) is 18.3 Å². The van der Waals surface area contributed by atoms with Crippen molar-refractivity contribution >= 4 is 25.2 Å². The van der Waals surface area contributed by atoms with Crippen molar-refractivity contribution in [3.63, 3.8) is 0 Å². The molecule has 19 heavy (non-hydrogen) atoms. The number of esters is 1. The first-order valence-electron chi connectivity index (χ1n) is 5.21. The second kappa shape index (κ2) is 6.39. The van der Waals surface area contributed by atoms with Crippen molar-refractivity contribution in [1.82, 2.24) is 0 Å². The maximum absolute atomic E-state index is 12.4. The Labute approximate surface area is 115 Å². The van der Waals surface area contributed by atoms with Crippen LogP contribution < -0.4 is 0 Å². The number of rotatable bonds is 5. The summed E-state index contributed by atoms with van der Waals surface area (Å²) in [7, 11) is -1.47. The van der Waals surface area contributed by atoms with Crippen LogP contribution in [0.2, 0.25) is 5.02 Å². The minimum atomic E-state index is -3.78. The molecular weight excluding hydrogens is 295 g/mol. The third-order valence-corrected chi connectivity index (χ3v) is 4.54. The van der Waals surface area contributed by atoms with E-state index >= 15 is 0 Å². The third-order valence-electron chi connectivity index (χ3n) is 2.33. The van der Waals surface area contributed by atoms with Gasteiger partial charge in [-0.05, 0) is 18.2 Å². The summed E-state index contributed by atoms with van der Waals surface area (Å²) in [6.45, 7) is 1.14. The van der Waals surface area contributed by atoms with Crippen LogP contribution in [-0.2, 0) is 23.1 Å². The van der Waals surface area contributed by atoms with Crippen LogP contribution >= 0.6 is 19.2 Å². The van der Waals surface area contributed by atoms with Gasteiger partial charge in [0.2, 0.25) is 5.85 Å². The van der Waals surface area contributed by atoms with Crippen molar-refractivity contribution in [3.05, 3.63) is 28.8 Å². The molecule has 0 radical (unpaired) electrons. The molecule has 6 nitrogen and oxygen atoms in total. The molecular formula is C11H14ClO6P. The first-order valence-corrected chi connectivity index (χ1v) is 7.20. The van der Waals surface area contributed by atoms with Crippen molar-refractivity contribution in [2.75, 3.05) is 14.2 Å². The van der Waals surface area contributed by atoms with E-state index in [4.69, 9.17) is 25.4 Å². The molecule has 0 saturated heterocycles. The summed E-state index contributed by atoms with van der Waals surface area (Å²) in [4.78, 5) is 11.1. The lowest BCUT2D eigenvalue weighted by atomic mass is 10.2. The van der Waals surface area contributed by atoms with Crippen LogP contribution in [0, 0.1) is 0 Å². The van der Waals surface area contributed by atoms with Crippen LogP contribution in [0.25, 0.3) is 0 Å². The lowest BCUT2D eigenvalue weighted by Gasteiger charge is -2.24. The van der Waals surface area contributed by atoms with Crippen molar-refractivity contribution in [3.8, 4) is 5.75 Å². The second-order valence-corrected chi connectivity index (χ2v) is 6.29. The average Bonchev–Trinajstić information content (AvgIpc) is 2.38. The topological polar surface area (TPSA) is 82.1 Å². The molecule has 1 aromatic rings. The number of carbonyl (C=O) groups excluding carboxylic acids is 1. The predicted molar refractivity (Wildman–Crippen MR) is 69.2 cm³/mol. The van der Waals surface area contributed by atoms with E-state index in [0.29, 0.717) is 0 Å². The largest absolute Gasteiger partial charge is 0.508 e. The Morgan fingerprint density at radius 3 is 2.42 bits per heavy atom. The number of hydrogen-bond acceptors (Lipinski definition) is 6. The summed E-state index contributed by atoms with van der Waals surface area (Å²) in [6.07, 6.45) is 0. The fourth-order valence-corrected chi connectivity index (χ4v) is 2.98. The summed E-state index contributed by atoms with van der Waals surface area (Å²) in [5.41, 5.74) is 0.0507. The van der Waals surface area contributed by atoms with Crippen molar-refractivity contribution < 1.29 is 28.3 Å². The molecule has 1 N–H and O–H groups in total. The maximum atomic E-state index is 12.4. The zero-order chi connectivity index (χ0) is 14.6. The van der Waals surface area contributed by atoms with Gasteiger partial charge in [-0.3, -0.25) is 9.36 Å². The monoisotopic (exact) mass is 308 g/mol. The number of hydrogen-bond donors (Lipinski definition) is 1. The number of phenols is 1. The molecule has 1 atom stereocenters. The fraction of sp³-hybridized carbons (Fsp3) is 0.364. The fourth-order valence-electron chi connectivity index (χ4n) is 1.44. The minimum absolute atomic E-state index is 0.0507. The Morgan fingerprint density at radius 1 is 1.37 bits per heavy atom. The third kappa shape index (κ3) is 3.70. The van der Waals surface area contributed by atoms with E-state index in [2.05, 4.69) is 0 Å². The van der Waals surface area contributed by atoms with Gasteiger partial charge in [-0.2, -0.15) is 0 Å². The molecule has 8 heteroatoms. The first kappa shape index (κ1) is 16.0. The first-order chi connectivity index (χ1) is 8.84. The summed E-state index contributed by atoms with van der Waals surface area (Å²) >= 11 is 5.81. The number of benzene rings is 1. The average molecular weight is 309 g/mol. The van der Waals surface area contributed by atoms with E-state index in [-0.39, 0.29) is 16.3 Å². The second-order valence-electron chi connectivity index (χ2n) is 3.57. The molecule has 0 spiro atoms. The SMILES string of the molecule is COP(=O)(OC)C(OC(C)=O)c1cc(Cl)ccc1O. The van der Waals surface area contributed by atoms with Crippen LogP contribution in [0.4, 0.5) is 0 Å². The number of aromatic hydroxyl groups is 1. The van der Waals surface area contributed by atoms with Crippen molar-refractivity contribution in [2.45, 2.75) is 12.8 Å². The Morgan fingerprint density at radius 2 is 1.95 bits per heavy atom. The Balaban J connectivity index is 3.35. The Bertz CT molecular complexity index is 510. The smallest absolute Gasteiger partial charge is 0.375 e. The van der Waals surface area contributed by atoms with Gasteiger partial charge in [0.25, 0.3) is 0 Å². The van der Waals surface area contributed by atoms with Crippen LogP contribution in [0.3, 0.4) is 0 Å². The van der Waals surface area contributed by atoms with E-state index in [1.807, 2.05) is 0 Å². The Kier molecular flexibility index (Phi) is 5.38. The molecule has 0 aromatic heterocycles. The summed E-state index contributed by atoms with van der Waals surface area (Å²) < 4.78 is 26.9. The zero-order valence-corrected chi connectivity index (χ0v) is 12.3. The van der Waals surface area contributed by atoms with Gasteiger partial charge in [-0.1, -0.05) is 11.6 Å². The molecule has 0 aliphatic heterocycles. The van der Waals surface area contributed by atoms with E-state index in [1.54, 1.807) is 0 Å². The lowest BCUT2D eigenvalue weighted by molar-refractivity contribution is -0.144. The van der Waals surface area contributed by atoms with Gasteiger partial charge in [0, 0.05) is 31.7 Å². The van der Waals surface area contributed by atoms with Crippen LogP contribution in [-0.4, -0.2) is 25.3 Å². The molecule has 106 valence electrons. The van der Waals surface area contributed by atoms with Gasteiger partial charge in [0.1, 0.15) is 5.75 Å². The molecule has 0 aliphatic rings. The minimum Gasteiger partial charge on any atom is -0.508 e. The highest BCUT2D eigenvalue weighted by Gasteiger charge is 2.40. The van der Waals surface area contributed by atoms with Gasteiger partial charge in [0.15, 0.2) is 0 Å². The van der Waals surface area contributed by atoms with Gasteiger partial charge >= 0.3 is 13.6 Å². The van der Waals surface area contributed by atoms with Gasteiger partial charge < -0.3 is 18.9 Å². The van der Waals surface area contributed by atoms with E-state index < -0.39 is 19.4 Å². The van der Waals surface area contributed by atoms with Crippen molar-refractivity contribution in [2.24, 2.45) is 0 Å². The lowest BCUT2D eigenvalue weighted by Crippen LogP contribution is -2.11. The van der Waals surface area contributed by atoms with Gasteiger partial charge in [0.05, 0.1) is 0 Å². The number of phenolic OH excluding ortho intramolecular Hbond substituents is 1. The summed E-state index contributed by atoms with van der Waals surface area (Å²) in [6, 6.07) is 4.06. The maximum Gasteiger partial charge on any atom is 0.375 e. The van der Waals surface area contributed by atoms with E-state index in [1.165, 1.54) is 18.2 Å². The van der Waals surface area contributed by atoms with Gasteiger partial charge in [-0.25, -0.2) is 0 Å². The zero-order valence-electron chi connectivity index (χ0n) is 10.6. The number of ether oxygens (including phenoxy) is 1. The van der Waals surface area contributed by atoms with Crippen molar-refractivity contribution in [1.29, 1.82) is 0 Å². The predicted octanol–water partition coefficient (Wildman–Crippen LogP) is 3.09. The van der Waals surface area contributed by atoms with Crippen LogP contribution in [0.5, 0.6) is 5.75 Å². The summed E-state index contributed by atoms with van der Waals surface area (Å²) in [5, 5.41) is 10.1. The molecule has 0 bridgehead atoms. The standard InChI is InChI=1S/C11H14ClO6P/c1-7(13)18-11(19(15,16-2)17-3)9-6-8(12)4-5-10(9)14/h4-6,11,14H,1-3H3. The molecule has 0 heterocycles. The Hall–Kier alpha value is -1.07. The quantitative estimate of drug-likeness (QED) is 0.665. The highest BCUT2D eigenvalue weighted by molar-refractivity contribution is 7.54. The molecule has 0 fully saturated rings. The molecule has 0 aliphatic carbocycles. The number of halogens is 1. The molecule has 1 unspecified atom stereocenters. The van der Waals surface area contributed by atoms with Crippen LogP contribution in [0.15, 0.2) is 18.2 Å². The van der Waals surface area contributed by atoms with Gasteiger partial charge in [-0.15, -0.1) is 0 Å². The molecule has 0 amide bonds. The van der Waals surface area contributed by atoms with E-state index in [9.17, 15) is 14.5 Å². The molecule has 1 aromatic carbocycles. The van der Waals surface area contributed by atoms with E-state index in [0.717, 1.165) is 21.1 Å². The number of carbonyl (C=O) groups is 1. The highest BCUT2D eigenvalue weighted by atomic mass is 35.5. The molecule has 0 saturated carbocycles. The summed E-state index contributed by atoms with van der Waals surface area (Å²) in [5.74, 6) is -2.32. The normalized spacial score (nSPS) is 13.1. The highest BCUT2D eigenvalue weighted by Crippen LogP contribution is 2.61.